The zero-order chi connectivity index (χ0) is 22.4. The van der Waals surface area contributed by atoms with Gasteiger partial charge in [-0.05, 0) is 30.2 Å². The molecule has 0 aliphatic heterocycles. The summed E-state index contributed by atoms with van der Waals surface area (Å²) in [6.45, 7) is 4.01. The maximum atomic E-state index is 12.6. The van der Waals surface area contributed by atoms with E-state index in [0.717, 1.165) is 0 Å². The van der Waals surface area contributed by atoms with Gasteiger partial charge in [-0.3, -0.25) is 9.59 Å². The van der Waals surface area contributed by atoms with Crippen molar-refractivity contribution in [3.05, 3.63) is 77.1 Å². The Kier molecular flexibility index (Phi) is 7.21. The summed E-state index contributed by atoms with van der Waals surface area (Å²) in [7, 11) is 1.83. The number of nitriles is 1. The predicted molar refractivity (Wildman–Crippen MR) is 119 cm³/mol. The van der Waals surface area contributed by atoms with Crippen LogP contribution in [0, 0.1) is 17.2 Å². The fourth-order valence-corrected chi connectivity index (χ4v) is 3.82. The number of carbonyl (C=O) groups is 2. The van der Waals surface area contributed by atoms with Crippen LogP contribution in [0.15, 0.2) is 59.8 Å². The van der Waals surface area contributed by atoms with E-state index in [2.05, 4.69) is 15.5 Å². The van der Waals surface area contributed by atoms with Crippen molar-refractivity contribution in [1.29, 1.82) is 5.26 Å². The molecule has 0 saturated heterocycles. The van der Waals surface area contributed by atoms with Crippen molar-refractivity contribution in [3.63, 3.8) is 0 Å². The highest BCUT2D eigenvalue weighted by Crippen LogP contribution is 2.25. The molecule has 0 radical (unpaired) electrons. The van der Waals surface area contributed by atoms with Crippen LogP contribution in [-0.4, -0.2) is 32.2 Å². The summed E-state index contributed by atoms with van der Waals surface area (Å²) in [4.78, 5) is 25.1. The average Bonchev–Trinajstić information content (AvgIpc) is 3.15. The molecule has 31 heavy (non-hydrogen) atoms. The van der Waals surface area contributed by atoms with Gasteiger partial charge in [0.15, 0.2) is 16.8 Å². The third kappa shape index (κ3) is 5.38. The van der Waals surface area contributed by atoms with Gasteiger partial charge in [-0.2, -0.15) is 5.26 Å². The molecule has 0 aliphatic rings. The quantitative estimate of drug-likeness (QED) is 0.428. The van der Waals surface area contributed by atoms with Gasteiger partial charge in [0.05, 0.1) is 23.4 Å². The van der Waals surface area contributed by atoms with E-state index in [1.54, 1.807) is 36.4 Å². The van der Waals surface area contributed by atoms with E-state index in [1.807, 2.05) is 49.7 Å². The summed E-state index contributed by atoms with van der Waals surface area (Å²) < 4.78 is 1.81. The van der Waals surface area contributed by atoms with Gasteiger partial charge in [0, 0.05) is 18.2 Å². The predicted octanol–water partition coefficient (Wildman–Crippen LogP) is 3.79. The number of aromatic nitrogens is 3. The maximum absolute atomic E-state index is 12.6. The molecule has 7 nitrogen and oxygen atoms in total. The number of rotatable bonds is 8. The van der Waals surface area contributed by atoms with Crippen molar-refractivity contribution in [3.8, 4) is 6.07 Å². The van der Waals surface area contributed by atoms with Crippen molar-refractivity contribution < 1.29 is 9.59 Å². The Hall–Kier alpha value is -3.44. The standard InChI is InChI=1S/C23H23N5O2S/c1-15(2)20(25-22(30)18-7-5-4-6-8-18)21-26-27-23(28(21)3)31-14-19(29)17-11-9-16(13-24)10-12-17/h4-12,15,20H,14H2,1-3H3,(H,25,30)/t20-/m0/s1. The second-order valence-electron chi connectivity index (χ2n) is 7.36. The number of Topliss-reactive ketones (excluding diaryl/α,β-unsaturated/α-hetero) is 1. The highest BCUT2D eigenvalue weighted by Gasteiger charge is 2.25. The minimum Gasteiger partial charge on any atom is -0.342 e. The number of thioether (sulfide) groups is 1. The van der Waals surface area contributed by atoms with Crippen molar-refractivity contribution in [1.82, 2.24) is 20.1 Å². The minimum absolute atomic E-state index is 0.0585. The van der Waals surface area contributed by atoms with Gasteiger partial charge in [-0.15, -0.1) is 10.2 Å². The Balaban J connectivity index is 1.70. The molecule has 1 amide bonds. The molecule has 158 valence electrons. The lowest BCUT2D eigenvalue weighted by molar-refractivity contribution is 0.0921. The molecule has 8 heteroatoms. The molecule has 3 rings (SSSR count). The number of nitrogens with one attached hydrogen (secondary N) is 1. The molecule has 1 atom stereocenters. The molecule has 0 aliphatic carbocycles. The Morgan fingerprint density at radius 2 is 1.74 bits per heavy atom. The molecule has 1 heterocycles. The van der Waals surface area contributed by atoms with Crippen molar-refractivity contribution in [2.45, 2.75) is 25.0 Å². The van der Waals surface area contributed by atoms with Crippen LogP contribution in [0.4, 0.5) is 0 Å². The van der Waals surface area contributed by atoms with E-state index >= 15 is 0 Å². The van der Waals surface area contributed by atoms with Crippen LogP contribution in [0.1, 0.15) is 52.0 Å². The van der Waals surface area contributed by atoms with Gasteiger partial charge in [0.25, 0.3) is 5.91 Å². The van der Waals surface area contributed by atoms with Crippen molar-refractivity contribution >= 4 is 23.5 Å². The first-order chi connectivity index (χ1) is 14.9. The van der Waals surface area contributed by atoms with Gasteiger partial charge in [-0.1, -0.05) is 55.9 Å². The first-order valence-corrected chi connectivity index (χ1v) is 10.8. The Morgan fingerprint density at radius 1 is 1.06 bits per heavy atom. The first-order valence-electron chi connectivity index (χ1n) is 9.82. The van der Waals surface area contributed by atoms with Crippen molar-refractivity contribution in [2.75, 3.05) is 5.75 Å². The Labute approximate surface area is 185 Å². The van der Waals surface area contributed by atoms with Crippen LogP contribution in [0.25, 0.3) is 0 Å². The second-order valence-corrected chi connectivity index (χ2v) is 8.30. The van der Waals surface area contributed by atoms with E-state index in [0.29, 0.717) is 27.7 Å². The van der Waals surface area contributed by atoms with Gasteiger partial charge in [0.1, 0.15) is 0 Å². The zero-order valence-electron chi connectivity index (χ0n) is 17.6. The zero-order valence-corrected chi connectivity index (χ0v) is 18.4. The molecule has 1 aromatic heterocycles. The van der Waals surface area contributed by atoms with Gasteiger partial charge in [0.2, 0.25) is 0 Å². The van der Waals surface area contributed by atoms with Crippen molar-refractivity contribution in [2.24, 2.45) is 13.0 Å². The van der Waals surface area contributed by atoms with Gasteiger partial charge < -0.3 is 9.88 Å². The Morgan fingerprint density at radius 3 is 2.35 bits per heavy atom. The topological polar surface area (TPSA) is 101 Å². The lowest BCUT2D eigenvalue weighted by Crippen LogP contribution is -2.33. The number of hydrogen-bond acceptors (Lipinski definition) is 6. The average molecular weight is 434 g/mol. The SMILES string of the molecule is CC(C)[C@H](NC(=O)c1ccccc1)c1nnc(SCC(=O)c2ccc(C#N)cc2)n1C. The molecule has 0 fully saturated rings. The smallest absolute Gasteiger partial charge is 0.251 e. The molecule has 0 bridgehead atoms. The summed E-state index contributed by atoms with van der Waals surface area (Å²) >= 11 is 1.29. The number of nitrogens with zero attached hydrogens (tertiary/aromatic N) is 4. The van der Waals surface area contributed by atoms with Crippen LogP contribution in [0.3, 0.4) is 0 Å². The first kappa shape index (κ1) is 22.2. The maximum Gasteiger partial charge on any atom is 0.251 e. The van der Waals surface area contributed by atoms with E-state index < -0.39 is 0 Å². The summed E-state index contributed by atoms with van der Waals surface area (Å²) in [5, 5.41) is 21.0. The lowest BCUT2D eigenvalue weighted by Gasteiger charge is -2.21. The lowest BCUT2D eigenvalue weighted by atomic mass is 10.0. The highest BCUT2D eigenvalue weighted by atomic mass is 32.2. The summed E-state index contributed by atoms with van der Waals surface area (Å²) in [5.74, 6) is 0.686. The Bertz CT molecular complexity index is 1100. The van der Waals surface area contributed by atoms with Crippen LogP contribution in [0.5, 0.6) is 0 Å². The number of benzene rings is 2. The molecular formula is C23H23N5O2S. The van der Waals surface area contributed by atoms with E-state index in [9.17, 15) is 9.59 Å². The molecule has 0 saturated carbocycles. The minimum atomic E-state index is -0.325. The van der Waals surface area contributed by atoms with E-state index in [1.165, 1.54) is 11.8 Å². The van der Waals surface area contributed by atoms with Crippen LogP contribution in [-0.2, 0) is 7.05 Å². The fourth-order valence-electron chi connectivity index (χ4n) is 3.01. The summed E-state index contributed by atoms with van der Waals surface area (Å²) in [6, 6.07) is 17.3. The second kappa shape index (κ2) is 10.0. The third-order valence-electron chi connectivity index (χ3n) is 4.80. The molecule has 1 N–H and O–H groups in total. The largest absolute Gasteiger partial charge is 0.342 e. The number of hydrogen-bond donors (Lipinski definition) is 1. The molecule has 0 spiro atoms. The fraction of sp³-hybridized carbons (Fsp3) is 0.261. The number of carbonyl (C=O) groups excluding carboxylic acids is 2. The summed E-state index contributed by atoms with van der Waals surface area (Å²) in [5.41, 5.74) is 1.64. The van der Waals surface area contributed by atoms with Crippen LogP contribution in [0.2, 0.25) is 0 Å². The summed E-state index contributed by atoms with van der Waals surface area (Å²) in [6.07, 6.45) is 0. The van der Waals surface area contributed by atoms with E-state index in [4.69, 9.17) is 5.26 Å². The molecule has 2 aromatic carbocycles. The molecule has 0 unspecified atom stereocenters. The molecular weight excluding hydrogens is 410 g/mol. The van der Waals surface area contributed by atoms with Gasteiger partial charge >= 0.3 is 0 Å². The monoisotopic (exact) mass is 433 g/mol. The molecule has 3 aromatic rings. The highest BCUT2D eigenvalue weighted by molar-refractivity contribution is 7.99. The van der Waals surface area contributed by atoms with E-state index in [-0.39, 0.29) is 29.4 Å². The van der Waals surface area contributed by atoms with Gasteiger partial charge in [-0.25, -0.2) is 0 Å². The number of ketones is 1. The third-order valence-corrected chi connectivity index (χ3v) is 5.82. The normalized spacial score (nSPS) is 11.7. The number of amides is 1. The van der Waals surface area contributed by atoms with Crippen LogP contribution >= 0.6 is 11.8 Å². The van der Waals surface area contributed by atoms with Crippen LogP contribution < -0.4 is 5.32 Å².